The van der Waals surface area contributed by atoms with Gasteiger partial charge >= 0.3 is 5.97 Å². The molecule has 0 saturated heterocycles. The van der Waals surface area contributed by atoms with Crippen LogP contribution >= 0.6 is 11.8 Å². The molecular weight excluding hydrogens is 350 g/mol. The Bertz CT molecular complexity index is 839. The number of aryl methyl sites for hydroxylation is 2. The minimum atomic E-state index is -0.444. The van der Waals surface area contributed by atoms with Crippen LogP contribution < -0.4 is 5.32 Å². The van der Waals surface area contributed by atoms with E-state index in [0.717, 1.165) is 35.8 Å². The lowest BCUT2D eigenvalue weighted by atomic mass is 10.2. The molecule has 0 unspecified atom stereocenters. The quantitative estimate of drug-likeness (QED) is 0.477. The number of ether oxygens (including phenoxy) is 1. The van der Waals surface area contributed by atoms with Crippen LogP contribution in [0.1, 0.15) is 40.8 Å². The van der Waals surface area contributed by atoms with E-state index in [4.69, 9.17) is 4.74 Å². The van der Waals surface area contributed by atoms with Crippen LogP contribution in [-0.2, 0) is 22.4 Å². The van der Waals surface area contributed by atoms with Crippen LogP contribution in [0.3, 0.4) is 0 Å². The molecule has 1 aliphatic carbocycles. The van der Waals surface area contributed by atoms with Crippen molar-refractivity contribution >= 4 is 29.3 Å². The minimum absolute atomic E-state index is 0.185. The number of hydrogen-bond acceptors (Lipinski definition) is 6. The molecule has 2 aromatic rings. The first kappa shape index (κ1) is 18.4. The second-order valence-corrected chi connectivity index (χ2v) is 6.92. The molecule has 0 bridgehead atoms. The third-order valence-electron chi connectivity index (χ3n) is 4.04. The van der Waals surface area contributed by atoms with Crippen LogP contribution in [0.4, 0.5) is 5.69 Å². The number of rotatable bonds is 6. The molecule has 1 aliphatic rings. The van der Waals surface area contributed by atoms with Gasteiger partial charge in [0.1, 0.15) is 10.9 Å². The Morgan fingerprint density at radius 3 is 2.85 bits per heavy atom. The third kappa shape index (κ3) is 4.22. The fourth-order valence-electron chi connectivity index (χ4n) is 2.93. The van der Waals surface area contributed by atoms with Gasteiger partial charge in [0, 0.05) is 11.3 Å². The number of nitrogens with zero attached hydrogens (tertiary/aromatic N) is 2. The molecular formula is C19H21N3O3S. The number of amides is 1. The van der Waals surface area contributed by atoms with E-state index < -0.39 is 5.97 Å². The lowest BCUT2D eigenvalue weighted by molar-refractivity contribution is -0.113. The summed E-state index contributed by atoms with van der Waals surface area (Å²) in [6.07, 6.45) is 3.02. The summed E-state index contributed by atoms with van der Waals surface area (Å²) < 4.78 is 5.03. The zero-order chi connectivity index (χ0) is 18.5. The Morgan fingerprint density at radius 1 is 1.23 bits per heavy atom. The van der Waals surface area contributed by atoms with Crippen molar-refractivity contribution in [3.8, 4) is 0 Å². The predicted molar refractivity (Wildman–Crippen MR) is 101 cm³/mol. The molecule has 0 atom stereocenters. The van der Waals surface area contributed by atoms with Crippen LogP contribution in [0.15, 0.2) is 29.3 Å². The number of fused-ring (bicyclic) bond motifs is 1. The van der Waals surface area contributed by atoms with Gasteiger partial charge in [-0.2, -0.15) is 0 Å². The van der Waals surface area contributed by atoms with E-state index >= 15 is 0 Å². The monoisotopic (exact) mass is 371 g/mol. The molecule has 1 heterocycles. The highest BCUT2D eigenvalue weighted by molar-refractivity contribution is 8.00. The largest absolute Gasteiger partial charge is 0.462 e. The number of aromatic nitrogens is 2. The van der Waals surface area contributed by atoms with E-state index in [1.54, 1.807) is 31.2 Å². The number of para-hydroxylation sites is 1. The molecule has 1 N–H and O–H groups in total. The predicted octanol–water partition coefficient (Wildman–Crippen LogP) is 3.18. The molecule has 1 aromatic carbocycles. The highest BCUT2D eigenvalue weighted by Crippen LogP contribution is 2.29. The van der Waals surface area contributed by atoms with Crippen LogP contribution in [0.25, 0.3) is 0 Å². The number of benzene rings is 1. The average molecular weight is 371 g/mol. The highest BCUT2D eigenvalue weighted by Gasteiger charge is 2.20. The van der Waals surface area contributed by atoms with Crippen molar-refractivity contribution < 1.29 is 14.3 Å². The average Bonchev–Trinajstić information content (AvgIpc) is 3.08. The van der Waals surface area contributed by atoms with Gasteiger partial charge in [-0.15, -0.1) is 0 Å². The molecule has 136 valence electrons. The van der Waals surface area contributed by atoms with Gasteiger partial charge in [0.05, 0.1) is 23.6 Å². The SMILES string of the molecule is CCOC(=O)c1ccccc1NC(=O)CSc1nc(C)nc2c1CCC2. The van der Waals surface area contributed by atoms with E-state index in [1.165, 1.54) is 17.3 Å². The number of thioether (sulfide) groups is 1. The summed E-state index contributed by atoms with van der Waals surface area (Å²) in [5.41, 5.74) is 3.08. The van der Waals surface area contributed by atoms with E-state index in [0.29, 0.717) is 11.3 Å². The molecule has 3 rings (SSSR count). The molecule has 0 radical (unpaired) electrons. The molecule has 7 heteroatoms. The highest BCUT2D eigenvalue weighted by atomic mass is 32.2. The minimum Gasteiger partial charge on any atom is -0.462 e. The first-order valence-corrected chi connectivity index (χ1v) is 9.62. The first-order valence-electron chi connectivity index (χ1n) is 8.63. The summed E-state index contributed by atoms with van der Waals surface area (Å²) in [7, 11) is 0. The Balaban J connectivity index is 1.67. The topological polar surface area (TPSA) is 81.2 Å². The van der Waals surface area contributed by atoms with E-state index in [2.05, 4.69) is 15.3 Å². The lowest BCUT2D eigenvalue weighted by Gasteiger charge is -2.11. The number of carbonyl (C=O) groups is 2. The maximum absolute atomic E-state index is 12.4. The van der Waals surface area contributed by atoms with Crippen molar-refractivity contribution in [3.63, 3.8) is 0 Å². The summed E-state index contributed by atoms with van der Waals surface area (Å²) in [4.78, 5) is 33.3. The molecule has 6 nitrogen and oxygen atoms in total. The van der Waals surface area contributed by atoms with Gasteiger partial charge < -0.3 is 10.1 Å². The molecule has 26 heavy (non-hydrogen) atoms. The van der Waals surface area contributed by atoms with Crippen molar-refractivity contribution in [2.75, 3.05) is 17.7 Å². The molecule has 0 spiro atoms. The zero-order valence-electron chi connectivity index (χ0n) is 14.9. The standard InChI is InChI=1S/C19H21N3O3S/c1-3-25-19(24)14-7-4-5-9-16(14)22-17(23)11-26-18-13-8-6-10-15(13)20-12(2)21-18/h4-5,7,9H,3,6,8,10-11H2,1-2H3,(H,22,23). The van der Waals surface area contributed by atoms with Gasteiger partial charge in [0.15, 0.2) is 0 Å². The molecule has 0 saturated carbocycles. The summed E-state index contributed by atoms with van der Waals surface area (Å²) in [6.45, 7) is 3.91. The van der Waals surface area contributed by atoms with Crippen molar-refractivity contribution in [1.82, 2.24) is 9.97 Å². The number of anilines is 1. The summed E-state index contributed by atoms with van der Waals surface area (Å²) in [6, 6.07) is 6.85. The summed E-state index contributed by atoms with van der Waals surface area (Å²) in [5.74, 6) is 0.330. The molecule has 0 fully saturated rings. The Labute approximate surface area is 156 Å². The second-order valence-electron chi connectivity index (χ2n) is 5.96. The van der Waals surface area contributed by atoms with Gasteiger partial charge in [0.2, 0.25) is 5.91 Å². The Morgan fingerprint density at radius 2 is 2.04 bits per heavy atom. The van der Waals surface area contributed by atoms with Gasteiger partial charge in [0.25, 0.3) is 0 Å². The fraction of sp³-hybridized carbons (Fsp3) is 0.368. The van der Waals surface area contributed by atoms with E-state index in [9.17, 15) is 9.59 Å². The lowest BCUT2D eigenvalue weighted by Crippen LogP contribution is -2.17. The van der Waals surface area contributed by atoms with Gasteiger partial charge in [-0.05, 0) is 45.2 Å². The number of nitrogens with one attached hydrogen (secondary N) is 1. The van der Waals surface area contributed by atoms with E-state index in [1.807, 2.05) is 6.92 Å². The van der Waals surface area contributed by atoms with Crippen LogP contribution in [0, 0.1) is 6.92 Å². The smallest absolute Gasteiger partial charge is 0.340 e. The molecule has 1 amide bonds. The Kier molecular flexibility index (Phi) is 5.88. The molecule has 0 aliphatic heterocycles. The summed E-state index contributed by atoms with van der Waals surface area (Å²) >= 11 is 1.41. The van der Waals surface area contributed by atoms with Crippen molar-refractivity contribution in [3.05, 3.63) is 46.9 Å². The van der Waals surface area contributed by atoms with Crippen molar-refractivity contribution in [1.29, 1.82) is 0 Å². The molecule has 1 aromatic heterocycles. The number of hydrogen-bond donors (Lipinski definition) is 1. The van der Waals surface area contributed by atoms with Crippen LogP contribution in [0.2, 0.25) is 0 Å². The summed E-state index contributed by atoms with van der Waals surface area (Å²) in [5, 5.41) is 3.69. The fourth-order valence-corrected chi connectivity index (χ4v) is 3.87. The van der Waals surface area contributed by atoms with E-state index in [-0.39, 0.29) is 18.3 Å². The first-order chi connectivity index (χ1) is 12.6. The third-order valence-corrected chi connectivity index (χ3v) is 5.06. The van der Waals surface area contributed by atoms with Gasteiger partial charge in [-0.3, -0.25) is 4.79 Å². The zero-order valence-corrected chi connectivity index (χ0v) is 15.7. The van der Waals surface area contributed by atoms with Crippen LogP contribution in [0.5, 0.6) is 0 Å². The van der Waals surface area contributed by atoms with Crippen molar-refractivity contribution in [2.45, 2.75) is 38.1 Å². The van der Waals surface area contributed by atoms with Crippen LogP contribution in [-0.4, -0.2) is 34.2 Å². The number of esters is 1. The maximum Gasteiger partial charge on any atom is 0.340 e. The van der Waals surface area contributed by atoms with Gasteiger partial charge in [-0.1, -0.05) is 23.9 Å². The van der Waals surface area contributed by atoms with Crippen molar-refractivity contribution in [2.24, 2.45) is 0 Å². The number of carbonyl (C=O) groups excluding carboxylic acids is 2. The Hall–Kier alpha value is -2.41. The van der Waals surface area contributed by atoms with Gasteiger partial charge in [-0.25, -0.2) is 14.8 Å². The normalized spacial score (nSPS) is 12.5. The maximum atomic E-state index is 12.4. The second kappa shape index (κ2) is 8.31.